The summed E-state index contributed by atoms with van der Waals surface area (Å²) in [4.78, 5) is 15.9. The van der Waals surface area contributed by atoms with Gasteiger partial charge in [-0.2, -0.15) is 0 Å². The molecule has 5 nitrogen and oxygen atoms in total. The van der Waals surface area contributed by atoms with E-state index in [4.69, 9.17) is 21.1 Å². The largest absolute Gasteiger partial charge is 0.492 e. The molecule has 2 aromatic rings. The van der Waals surface area contributed by atoms with Crippen molar-refractivity contribution in [1.82, 2.24) is 9.55 Å². The maximum absolute atomic E-state index is 12.0. The Bertz CT molecular complexity index is 660. The molecule has 0 saturated carbocycles. The van der Waals surface area contributed by atoms with E-state index in [-0.39, 0.29) is 16.5 Å². The molecule has 0 atom stereocenters. The van der Waals surface area contributed by atoms with Crippen molar-refractivity contribution in [2.75, 3.05) is 13.7 Å². The van der Waals surface area contributed by atoms with E-state index in [1.165, 1.54) is 18.0 Å². The first-order chi connectivity index (χ1) is 9.61. The van der Waals surface area contributed by atoms with Gasteiger partial charge < -0.3 is 9.47 Å². The van der Waals surface area contributed by atoms with E-state index < -0.39 is 0 Å². The van der Waals surface area contributed by atoms with E-state index in [9.17, 15) is 4.79 Å². The highest BCUT2D eigenvalue weighted by Gasteiger charge is 2.10. The van der Waals surface area contributed by atoms with Gasteiger partial charge in [-0.1, -0.05) is 33.6 Å². The first kappa shape index (κ1) is 14.9. The van der Waals surface area contributed by atoms with Crippen LogP contribution in [0.25, 0.3) is 0 Å². The van der Waals surface area contributed by atoms with Gasteiger partial charge in [-0.05, 0) is 18.2 Å². The smallest absolute Gasteiger partial charge is 0.297 e. The van der Waals surface area contributed by atoms with Crippen LogP contribution >= 0.6 is 27.5 Å². The van der Waals surface area contributed by atoms with Gasteiger partial charge >= 0.3 is 0 Å². The van der Waals surface area contributed by atoms with Gasteiger partial charge in [0.25, 0.3) is 5.56 Å². The van der Waals surface area contributed by atoms with Crippen LogP contribution in [0.15, 0.2) is 39.9 Å². The van der Waals surface area contributed by atoms with E-state index in [0.717, 1.165) is 10.2 Å². The summed E-state index contributed by atoms with van der Waals surface area (Å²) in [5.41, 5.74) is -0.328. The first-order valence-corrected chi connectivity index (χ1v) is 6.96. The molecular weight excluding hydrogens is 348 g/mol. The van der Waals surface area contributed by atoms with Gasteiger partial charge in [-0.3, -0.25) is 9.36 Å². The van der Waals surface area contributed by atoms with Crippen LogP contribution in [0.5, 0.6) is 11.5 Å². The van der Waals surface area contributed by atoms with E-state index in [1.54, 1.807) is 0 Å². The lowest BCUT2D eigenvalue weighted by Gasteiger charge is -2.09. The molecule has 0 fully saturated rings. The van der Waals surface area contributed by atoms with Crippen molar-refractivity contribution in [3.8, 4) is 11.5 Å². The summed E-state index contributed by atoms with van der Waals surface area (Å²) in [5.74, 6) is 0.762. The zero-order valence-corrected chi connectivity index (χ0v) is 13.0. The molecule has 0 amide bonds. The zero-order chi connectivity index (χ0) is 14.5. The Hall–Kier alpha value is -1.53. The molecule has 1 aromatic heterocycles. The summed E-state index contributed by atoms with van der Waals surface area (Å²) >= 11 is 9.12. The third-order valence-corrected chi connectivity index (χ3v) is 3.32. The Morgan fingerprint density at radius 1 is 1.45 bits per heavy atom. The maximum Gasteiger partial charge on any atom is 0.297 e. The molecule has 7 heteroatoms. The van der Waals surface area contributed by atoms with Crippen molar-refractivity contribution in [2.24, 2.45) is 0 Å². The topological polar surface area (TPSA) is 53.4 Å². The second-order valence-corrected chi connectivity index (χ2v) is 5.15. The van der Waals surface area contributed by atoms with Crippen LogP contribution in [0.3, 0.4) is 0 Å². The average Bonchev–Trinajstić information content (AvgIpc) is 2.42. The number of benzene rings is 1. The molecular formula is C13H12BrClN2O3. The molecule has 0 N–H and O–H groups in total. The van der Waals surface area contributed by atoms with Gasteiger partial charge in [0.1, 0.15) is 12.4 Å². The van der Waals surface area contributed by atoms with Gasteiger partial charge in [0.05, 0.1) is 20.0 Å². The lowest BCUT2D eigenvalue weighted by atomic mass is 10.3. The summed E-state index contributed by atoms with van der Waals surface area (Å²) in [6.45, 7) is 0.689. The zero-order valence-electron chi connectivity index (χ0n) is 10.7. The molecule has 0 saturated heterocycles. The van der Waals surface area contributed by atoms with Gasteiger partial charge in [-0.15, -0.1) is 0 Å². The SMILES string of the molecule is COc1c(Cl)ncn(CCOc2cccc(Br)c2)c1=O. The summed E-state index contributed by atoms with van der Waals surface area (Å²) in [5, 5.41) is 0.0571. The molecule has 0 unspecified atom stereocenters. The molecule has 0 aliphatic heterocycles. The molecule has 2 rings (SSSR count). The predicted octanol–water partition coefficient (Wildman–Crippen LogP) is 2.75. The van der Waals surface area contributed by atoms with Gasteiger partial charge in [0.15, 0.2) is 5.15 Å². The maximum atomic E-state index is 12.0. The fraction of sp³-hybridized carbons (Fsp3) is 0.231. The van der Waals surface area contributed by atoms with Crippen LogP contribution in [0, 0.1) is 0 Å². The number of hydrogen-bond donors (Lipinski definition) is 0. The van der Waals surface area contributed by atoms with Crippen molar-refractivity contribution in [3.05, 3.63) is 50.6 Å². The predicted molar refractivity (Wildman–Crippen MR) is 79.7 cm³/mol. The highest BCUT2D eigenvalue weighted by Crippen LogP contribution is 2.18. The summed E-state index contributed by atoms with van der Waals surface area (Å²) < 4.78 is 12.8. The Kier molecular flexibility index (Phi) is 5.03. The van der Waals surface area contributed by atoms with E-state index in [1.807, 2.05) is 24.3 Å². The summed E-state index contributed by atoms with van der Waals surface area (Å²) in [7, 11) is 1.38. The minimum atomic E-state index is -0.328. The van der Waals surface area contributed by atoms with Crippen LogP contribution in [-0.2, 0) is 6.54 Å². The normalized spacial score (nSPS) is 10.3. The average molecular weight is 360 g/mol. The third-order valence-electron chi connectivity index (χ3n) is 2.55. The van der Waals surface area contributed by atoms with Crippen LogP contribution < -0.4 is 15.0 Å². The van der Waals surface area contributed by atoms with Crippen molar-refractivity contribution >= 4 is 27.5 Å². The Labute approximate surface area is 129 Å². The number of halogens is 2. The van der Waals surface area contributed by atoms with Crippen molar-refractivity contribution < 1.29 is 9.47 Å². The molecule has 106 valence electrons. The standard InChI is InChI=1S/C13H12BrClN2O3/c1-19-11-12(15)16-8-17(13(11)18)5-6-20-10-4-2-3-9(14)7-10/h2-4,7-8H,5-6H2,1H3. The number of methoxy groups -OCH3 is 1. The summed E-state index contributed by atoms with van der Waals surface area (Å²) in [6.07, 6.45) is 1.37. The fourth-order valence-corrected chi connectivity index (χ4v) is 2.18. The van der Waals surface area contributed by atoms with Crippen molar-refractivity contribution in [3.63, 3.8) is 0 Å². The number of ether oxygens (including phenoxy) is 2. The molecule has 0 radical (unpaired) electrons. The Morgan fingerprint density at radius 2 is 2.25 bits per heavy atom. The Balaban J connectivity index is 2.03. The van der Waals surface area contributed by atoms with Crippen LogP contribution in [0.1, 0.15) is 0 Å². The molecule has 0 aliphatic rings. The van der Waals surface area contributed by atoms with Crippen LogP contribution in [0.2, 0.25) is 5.15 Å². The van der Waals surface area contributed by atoms with Crippen molar-refractivity contribution in [2.45, 2.75) is 6.54 Å². The van der Waals surface area contributed by atoms with Gasteiger partial charge in [-0.25, -0.2) is 4.98 Å². The fourth-order valence-electron chi connectivity index (χ4n) is 1.60. The molecule has 0 aliphatic carbocycles. The number of nitrogens with zero attached hydrogens (tertiary/aromatic N) is 2. The molecule has 1 aromatic carbocycles. The van der Waals surface area contributed by atoms with E-state index >= 15 is 0 Å². The van der Waals surface area contributed by atoms with E-state index in [2.05, 4.69) is 20.9 Å². The minimum Gasteiger partial charge on any atom is -0.492 e. The molecule has 0 bridgehead atoms. The molecule has 0 spiro atoms. The van der Waals surface area contributed by atoms with Crippen molar-refractivity contribution in [1.29, 1.82) is 0 Å². The number of aromatic nitrogens is 2. The Morgan fingerprint density at radius 3 is 2.95 bits per heavy atom. The minimum absolute atomic E-state index is 0.0385. The lowest BCUT2D eigenvalue weighted by molar-refractivity contribution is 0.293. The van der Waals surface area contributed by atoms with Crippen LogP contribution in [-0.4, -0.2) is 23.3 Å². The number of hydrogen-bond acceptors (Lipinski definition) is 4. The number of rotatable bonds is 5. The third kappa shape index (κ3) is 3.52. The summed E-state index contributed by atoms with van der Waals surface area (Å²) in [6, 6.07) is 7.47. The molecule has 20 heavy (non-hydrogen) atoms. The quantitative estimate of drug-likeness (QED) is 0.770. The highest BCUT2D eigenvalue weighted by molar-refractivity contribution is 9.10. The monoisotopic (exact) mass is 358 g/mol. The first-order valence-electron chi connectivity index (χ1n) is 5.79. The highest BCUT2D eigenvalue weighted by atomic mass is 79.9. The molecule has 1 heterocycles. The second-order valence-electron chi connectivity index (χ2n) is 3.87. The second kappa shape index (κ2) is 6.76. The van der Waals surface area contributed by atoms with Gasteiger partial charge in [0.2, 0.25) is 5.75 Å². The van der Waals surface area contributed by atoms with Gasteiger partial charge in [0, 0.05) is 4.47 Å². The van der Waals surface area contributed by atoms with E-state index in [0.29, 0.717) is 13.2 Å². The lowest BCUT2D eigenvalue weighted by Crippen LogP contribution is -2.24. The van der Waals surface area contributed by atoms with Crippen LogP contribution in [0.4, 0.5) is 0 Å².